The largest absolute Gasteiger partial charge is 0.497 e. The van der Waals surface area contributed by atoms with Gasteiger partial charge in [0.2, 0.25) is 0 Å². The average molecular weight is 252 g/mol. The summed E-state index contributed by atoms with van der Waals surface area (Å²) in [5, 5.41) is 0. The molecule has 0 spiro atoms. The molecule has 0 bridgehead atoms. The van der Waals surface area contributed by atoms with Gasteiger partial charge in [-0.3, -0.25) is 4.79 Å². The van der Waals surface area contributed by atoms with E-state index in [0.717, 1.165) is 16.9 Å². The molecular weight excluding hydrogens is 236 g/mol. The standard InChI is InChI=1S/C17H16O2/c1-13(17(18)15-6-4-3-5-7-15)12-14-8-10-16(19-2)11-9-14/h3-12H,1-2H3/b13-12-. The minimum absolute atomic E-state index is 0.0522. The van der Waals surface area contributed by atoms with Crippen LogP contribution in [0, 0.1) is 0 Å². The van der Waals surface area contributed by atoms with Crippen molar-refractivity contribution in [3.8, 4) is 5.75 Å². The van der Waals surface area contributed by atoms with Crippen molar-refractivity contribution in [3.63, 3.8) is 0 Å². The Kier molecular flexibility index (Phi) is 4.14. The first kappa shape index (κ1) is 13.1. The van der Waals surface area contributed by atoms with Gasteiger partial charge in [-0.2, -0.15) is 0 Å². The lowest BCUT2D eigenvalue weighted by molar-refractivity contribution is 0.103. The highest BCUT2D eigenvalue weighted by molar-refractivity contribution is 6.10. The smallest absolute Gasteiger partial charge is 0.188 e. The SMILES string of the molecule is COc1ccc(/C=C(/C)C(=O)c2ccccc2)cc1. The molecule has 0 unspecified atom stereocenters. The first-order valence-corrected chi connectivity index (χ1v) is 6.13. The van der Waals surface area contributed by atoms with Crippen molar-refractivity contribution >= 4 is 11.9 Å². The highest BCUT2D eigenvalue weighted by atomic mass is 16.5. The number of Topliss-reactive ketones (excluding diaryl/α,β-unsaturated/α-hetero) is 1. The van der Waals surface area contributed by atoms with Crippen LogP contribution in [0.4, 0.5) is 0 Å². The number of methoxy groups -OCH3 is 1. The van der Waals surface area contributed by atoms with E-state index in [0.29, 0.717) is 5.56 Å². The fourth-order valence-electron chi connectivity index (χ4n) is 1.83. The molecule has 2 rings (SSSR count). The topological polar surface area (TPSA) is 26.3 Å². The maximum atomic E-state index is 12.2. The number of rotatable bonds is 4. The second kappa shape index (κ2) is 6.01. The number of hydrogen-bond acceptors (Lipinski definition) is 2. The Balaban J connectivity index is 2.20. The second-order valence-electron chi connectivity index (χ2n) is 4.30. The zero-order valence-electron chi connectivity index (χ0n) is 11.1. The average Bonchev–Trinajstić information content (AvgIpc) is 2.48. The molecule has 2 aromatic carbocycles. The minimum atomic E-state index is 0.0522. The Morgan fingerprint density at radius 2 is 1.63 bits per heavy atom. The van der Waals surface area contributed by atoms with Crippen LogP contribution in [-0.4, -0.2) is 12.9 Å². The summed E-state index contributed by atoms with van der Waals surface area (Å²) in [5.41, 5.74) is 2.42. The summed E-state index contributed by atoms with van der Waals surface area (Å²) in [7, 11) is 1.63. The molecule has 0 saturated heterocycles. The first-order chi connectivity index (χ1) is 9.20. The van der Waals surface area contributed by atoms with Crippen molar-refractivity contribution in [2.75, 3.05) is 7.11 Å². The van der Waals surface area contributed by atoms with Crippen LogP contribution in [0.3, 0.4) is 0 Å². The fourth-order valence-corrected chi connectivity index (χ4v) is 1.83. The van der Waals surface area contributed by atoms with Gasteiger partial charge in [-0.1, -0.05) is 42.5 Å². The molecule has 19 heavy (non-hydrogen) atoms. The van der Waals surface area contributed by atoms with E-state index in [1.165, 1.54) is 0 Å². The predicted molar refractivity (Wildman–Crippen MR) is 77.4 cm³/mol. The maximum Gasteiger partial charge on any atom is 0.188 e. The Morgan fingerprint density at radius 1 is 1.00 bits per heavy atom. The number of allylic oxidation sites excluding steroid dienone is 1. The number of ketones is 1. The zero-order chi connectivity index (χ0) is 13.7. The molecule has 0 amide bonds. The van der Waals surface area contributed by atoms with Crippen LogP contribution in [0.25, 0.3) is 6.08 Å². The van der Waals surface area contributed by atoms with Crippen molar-refractivity contribution in [1.29, 1.82) is 0 Å². The van der Waals surface area contributed by atoms with Gasteiger partial charge in [0.1, 0.15) is 5.75 Å². The third-order valence-corrected chi connectivity index (χ3v) is 2.89. The molecule has 0 heterocycles. The molecule has 2 nitrogen and oxygen atoms in total. The molecule has 0 saturated carbocycles. The number of carbonyl (C=O) groups excluding carboxylic acids is 1. The Hall–Kier alpha value is -2.35. The second-order valence-corrected chi connectivity index (χ2v) is 4.30. The van der Waals surface area contributed by atoms with Crippen molar-refractivity contribution in [3.05, 3.63) is 71.3 Å². The number of carbonyl (C=O) groups is 1. The van der Waals surface area contributed by atoms with Gasteiger partial charge < -0.3 is 4.74 Å². The monoisotopic (exact) mass is 252 g/mol. The van der Waals surface area contributed by atoms with E-state index in [-0.39, 0.29) is 5.78 Å². The van der Waals surface area contributed by atoms with E-state index in [2.05, 4.69) is 0 Å². The number of benzene rings is 2. The molecule has 0 atom stereocenters. The van der Waals surface area contributed by atoms with Gasteiger partial charge >= 0.3 is 0 Å². The molecule has 0 N–H and O–H groups in total. The van der Waals surface area contributed by atoms with Gasteiger partial charge in [-0.05, 0) is 36.3 Å². The van der Waals surface area contributed by atoms with Gasteiger partial charge in [-0.25, -0.2) is 0 Å². The van der Waals surface area contributed by atoms with Crippen LogP contribution >= 0.6 is 0 Å². The van der Waals surface area contributed by atoms with E-state index < -0.39 is 0 Å². The molecule has 2 heteroatoms. The van der Waals surface area contributed by atoms with Crippen molar-refractivity contribution in [2.24, 2.45) is 0 Å². The van der Waals surface area contributed by atoms with Crippen molar-refractivity contribution in [1.82, 2.24) is 0 Å². The normalized spacial score (nSPS) is 11.2. The maximum absolute atomic E-state index is 12.2. The molecule has 0 aliphatic heterocycles. The fraction of sp³-hybridized carbons (Fsp3) is 0.118. The van der Waals surface area contributed by atoms with Crippen molar-refractivity contribution in [2.45, 2.75) is 6.92 Å². The predicted octanol–water partition coefficient (Wildman–Crippen LogP) is 3.98. The zero-order valence-corrected chi connectivity index (χ0v) is 11.1. The highest BCUT2D eigenvalue weighted by Gasteiger charge is 2.06. The van der Waals surface area contributed by atoms with Crippen LogP contribution in [0.5, 0.6) is 5.75 Å². The quantitative estimate of drug-likeness (QED) is 0.607. The minimum Gasteiger partial charge on any atom is -0.497 e. The summed E-state index contributed by atoms with van der Waals surface area (Å²) in [6.45, 7) is 1.83. The molecule has 0 aliphatic rings. The Labute approximate surface area is 113 Å². The van der Waals surface area contributed by atoms with Crippen LogP contribution in [0.2, 0.25) is 0 Å². The van der Waals surface area contributed by atoms with Gasteiger partial charge in [0, 0.05) is 5.56 Å². The molecule has 2 aromatic rings. The molecule has 0 aliphatic carbocycles. The van der Waals surface area contributed by atoms with Crippen molar-refractivity contribution < 1.29 is 9.53 Å². The summed E-state index contributed by atoms with van der Waals surface area (Å²) in [5.74, 6) is 0.862. The molecular formula is C17H16O2. The van der Waals surface area contributed by atoms with E-state index in [1.807, 2.05) is 67.6 Å². The summed E-state index contributed by atoms with van der Waals surface area (Å²) in [6, 6.07) is 16.9. The molecule has 96 valence electrons. The van der Waals surface area contributed by atoms with E-state index in [4.69, 9.17) is 4.74 Å². The van der Waals surface area contributed by atoms with Gasteiger partial charge in [0.05, 0.1) is 7.11 Å². The molecule has 0 radical (unpaired) electrons. The van der Waals surface area contributed by atoms with Crippen LogP contribution in [0.15, 0.2) is 60.2 Å². The summed E-state index contributed by atoms with van der Waals surface area (Å²) >= 11 is 0. The van der Waals surface area contributed by atoms with E-state index >= 15 is 0 Å². The lowest BCUT2D eigenvalue weighted by Crippen LogP contribution is -1.99. The Morgan fingerprint density at radius 3 is 2.21 bits per heavy atom. The Bertz CT molecular complexity index is 580. The van der Waals surface area contributed by atoms with Gasteiger partial charge in [0.25, 0.3) is 0 Å². The third kappa shape index (κ3) is 3.32. The van der Waals surface area contributed by atoms with Crippen LogP contribution < -0.4 is 4.74 Å². The summed E-state index contributed by atoms with van der Waals surface area (Å²) in [6.07, 6.45) is 1.88. The molecule has 0 aromatic heterocycles. The lowest BCUT2D eigenvalue weighted by atomic mass is 10.0. The van der Waals surface area contributed by atoms with Crippen LogP contribution in [0.1, 0.15) is 22.8 Å². The van der Waals surface area contributed by atoms with E-state index in [9.17, 15) is 4.79 Å². The third-order valence-electron chi connectivity index (χ3n) is 2.89. The van der Waals surface area contributed by atoms with Gasteiger partial charge in [-0.15, -0.1) is 0 Å². The van der Waals surface area contributed by atoms with Crippen LogP contribution in [-0.2, 0) is 0 Å². The van der Waals surface area contributed by atoms with E-state index in [1.54, 1.807) is 7.11 Å². The molecule has 0 fully saturated rings. The summed E-state index contributed by atoms with van der Waals surface area (Å²) in [4.78, 5) is 12.2. The number of hydrogen-bond donors (Lipinski definition) is 0. The van der Waals surface area contributed by atoms with Gasteiger partial charge in [0.15, 0.2) is 5.78 Å². The first-order valence-electron chi connectivity index (χ1n) is 6.13. The highest BCUT2D eigenvalue weighted by Crippen LogP contribution is 2.16. The lowest BCUT2D eigenvalue weighted by Gasteiger charge is -2.03. The number of ether oxygens (including phenoxy) is 1. The summed E-state index contributed by atoms with van der Waals surface area (Å²) < 4.78 is 5.10.